The molecule has 0 bridgehead atoms. The SMILES string of the molecule is CCNC(=O)CCNc1cc(OC)c(N)cc1F. The summed E-state index contributed by atoms with van der Waals surface area (Å²) >= 11 is 0. The van der Waals surface area contributed by atoms with Gasteiger partial charge in [0.25, 0.3) is 0 Å². The Balaban J connectivity index is 2.59. The third kappa shape index (κ3) is 3.80. The van der Waals surface area contributed by atoms with Gasteiger partial charge in [-0.1, -0.05) is 0 Å². The molecule has 0 atom stereocenters. The standard InChI is InChI=1S/C12H18FN3O2/c1-3-15-12(17)4-5-16-10-7-11(18-2)9(14)6-8(10)13/h6-7,16H,3-5,14H2,1-2H3,(H,15,17). The van der Waals surface area contributed by atoms with Crippen LogP contribution in [0.25, 0.3) is 0 Å². The van der Waals surface area contributed by atoms with Crippen molar-refractivity contribution in [3.63, 3.8) is 0 Å². The second-order valence-electron chi connectivity index (χ2n) is 3.70. The number of carbonyl (C=O) groups is 1. The van der Waals surface area contributed by atoms with Gasteiger partial charge in [0.2, 0.25) is 5.91 Å². The molecule has 1 aromatic rings. The van der Waals surface area contributed by atoms with Crippen LogP contribution < -0.4 is 21.1 Å². The summed E-state index contributed by atoms with van der Waals surface area (Å²) in [5, 5.41) is 5.49. The number of methoxy groups -OCH3 is 1. The molecule has 0 aliphatic heterocycles. The van der Waals surface area contributed by atoms with E-state index in [-0.39, 0.29) is 23.7 Å². The Labute approximate surface area is 106 Å². The van der Waals surface area contributed by atoms with Crippen LogP contribution in [-0.2, 0) is 4.79 Å². The monoisotopic (exact) mass is 255 g/mol. The van der Waals surface area contributed by atoms with Gasteiger partial charge in [-0.3, -0.25) is 4.79 Å². The van der Waals surface area contributed by atoms with Crippen molar-refractivity contribution < 1.29 is 13.9 Å². The Kier molecular flexibility index (Phi) is 5.23. The lowest BCUT2D eigenvalue weighted by atomic mass is 10.2. The number of anilines is 2. The lowest BCUT2D eigenvalue weighted by Crippen LogP contribution is -2.24. The summed E-state index contributed by atoms with van der Waals surface area (Å²) in [6.45, 7) is 2.77. The molecule has 1 aromatic carbocycles. The summed E-state index contributed by atoms with van der Waals surface area (Å²) in [5.41, 5.74) is 6.07. The van der Waals surface area contributed by atoms with Crippen LogP contribution in [0.15, 0.2) is 12.1 Å². The lowest BCUT2D eigenvalue weighted by molar-refractivity contribution is -0.120. The normalized spacial score (nSPS) is 9.94. The highest BCUT2D eigenvalue weighted by Gasteiger charge is 2.08. The molecular weight excluding hydrogens is 237 g/mol. The number of rotatable bonds is 6. The van der Waals surface area contributed by atoms with Gasteiger partial charge in [-0.05, 0) is 6.92 Å². The van der Waals surface area contributed by atoms with E-state index in [1.54, 1.807) is 0 Å². The minimum atomic E-state index is -0.468. The largest absolute Gasteiger partial charge is 0.495 e. The number of carbonyl (C=O) groups excluding carboxylic acids is 1. The van der Waals surface area contributed by atoms with Gasteiger partial charge in [0, 0.05) is 31.6 Å². The molecule has 100 valence electrons. The van der Waals surface area contributed by atoms with Crippen LogP contribution in [0.2, 0.25) is 0 Å². The quantitative estimate of drug-likeness (QED) is 0.671. The zero-order valence-corrected chi connectivity index (χ0v) is 10.5. The van der Waals surface area contributed by atoms with Crippen LogP contribution in [0.4, 0.5) is 15.8 Å². The van der Waals surface area contributed by atoms with E-state index in [0.29, 0.717) is 18.8 Å². The van der Waals surface area contributed by atoms with Crippen molar-refractivity contribution in [2.75, 3.05) is 31.2 Å². The number of nitrogen functional groups attached to an aromatic ring is 1. The topological polar surface area (TPSA) is 76.4 Å². The average Bonchev–Trinajstić information content (AvgIpc) is 2.32. The molecule has 0 spiro atoms. The molecule has 18 heavy (non-hydrogen) atoms. The van der Waals surface area contributed by atoms with Gasteiger partial charge in [0.15, 0.2) is 0 Å². The number of halogens is 1. The maximum absolute atomic E-state index is 13.5. The first-order valence-electron chi connectivity index (χ1n) is 5.72. The molecular formula is C12H18FN3O2. The third-order valence-corrected chi connectivity index (χ3v) is 2.36. The molecule has 0 fully saturated rings. The summed E-state index contributed by atoms with van der Waals surface area (Å²) in [7, 11) is 1.46. The molecule has 0 radical (unpaired) electrons. The number of amides is 1. The van der Waals surface area contributed by atoms with E-state index in [0.717, 1.165) is 0 Å². The minimum absolute atomic E-state index is 0.0761. The average molecular weight is 255 g/mol. The van der Waals surface area contributed by atoms with Crippen LogP contribution in [0.3, 0.4) is 0 Å². The smallest absolute Gasteiger partial charge is 0.221 e. The van der Waals surface area contributed by atoms with Crippen LogP contribution in [-0.4, -0.2) is 26.1 Å². The molecule has 0 heterocycles. The fourth-order valence-corrected chi connectivity index (χ4v) is 1.48. The summed E-state index contributed by atoms with van der Waals surface area (Å²) in [5.74, 6) is -0.145. The van der Waals surface area contributed by atoms with Crippen molar-refractivity contribution in [3.05, 3.63) is 17.9 Å². The van der Waals surface area contributed by atoms with E-state index in [9.17, 15) is 9.18 Å². The van der Waals surface area contributed by atoms with Crippen LogP contribution in [0.5, 0.6) is 5.75 Å². The van der Waals surface area contributed by atoms with E-state index in [1.807, 2.05) is 6.92 Å². The van der Waals surface area contributed by atoms with Gasteiger partial charge in [-0.2, -0.15) is 0 Å². The number of nitrogens with two attached hydrogens (primary N) is 1. The zero-order valence-electron chi connectivity index (χ0n) is 10.5. The van der Waals surface area contributed by atoms with Crippen LogP contribution in [0, 0.1) is 5.82 Å². The van der Waals surface area contributed by atoms with Gasteiger partial charge in [-0.15, -0.1) is 0 Å². The first-order valence-corrected chi connectivity index (χ1v) is 5.72. The van der Waals surface area contributed by atoms with Gasteiger partial charge >= 0.3 is 0 Å². The summed E-state index contributed by atoms with van der Waals surface area (Å²) < 4.78 is 18.5. The van der Waals surface area contributed by atoms with Crippen molar-refractivity contribution in [3.8, 4) is 5.75 Å². The highest BCUT2D eigenvalue weighted by molar-refractivity contribution is 5.76. The first-order chi connectivity index (χ1) is 8.58. The Bertz CT molecular complexity index is 424. The van der Waals surface area contributed by atoms with Crippen molar-refractivity contribution in [2.45, 2.75) is 13.3 Å². The molecule has 0 aromatic heterocycles. The fourth-order valence-electron chi connectivity index (χ4n) is 1.48. The van der Waals surface area contributed by atoms with Crippen molar-refractivity contribution in [1.82, 2.24) is 5.32 Å². The predicted octanol–water partition coefficient (Wildman–Crippen LogP) is 1.35. The molecule has 1 rings (SSSR count). The van der Waals surface area contributed by atoms with Gasteiger partial charge < -0.3 is 21.1 Å². The first kappa shape index (κ1) is 14.1. The number of hydrogen-bond acceptors (Lipinski definition) is 4. The van der Waals surface area contributed by atoms with E-state index in [1.165, 1.54) is 19.2 Å². The Morgan fingerprint density at radius 2 is 2.22 bits per heavy atom. The maximum Gasteiger partial charge on any atom is 0.221 e. The number of benzene rings is 1. The van der Waals surface area contributed by atoms with Crippen LogP contribution in [0.1, 0.15) is 13.3 Å². The van der Waals surface area contributed by atoms with Crippen molar-refractivity contribution in [2.24, 2.45) is 0 Å². The van der Waals surface area contributed by atoms with E-state index >= 15 is 0 Å². The highest BCUT2D eigenvalue weighted by Crippen LogP contribution is 2.28. The number of nitrogens with one attached hydrogen (secondary N) is 2. The Morgan fingerprint density at radius 3 is 2.83 bits per heavy atom. The molecule has 6 heteroatoms. The highest BCUT2D eigenvalue weighted by atomic mass is 19.1. The molecule has 0 aliphatic rings. The fraction of sp³-hybridized carbons (Fsp3) is 0.417. The van der Waals surface area contributed by atoms with E-state index in [2.05, 4.69) is 10.6 Å². The Hall–Kier alpha value is -1.98. The van der Waals surface area contributed by atoms with Crippen molar-refractivity contribution in [1.29, 1.82) is 0 Å². The number of hydrogen-bond donors (Lipinski definition) is 3. The Morgan fingerprint density at radius 1 is 1.50 bits per heavy atom. The molecule has 0 saturated carbocycles. The molecule has 4 N–H and O–H groups in total. The lowest BCUT2D eigenvalue weighted by Gasteiger charge is -2.11. The minimum Gasteiger partial charge on any atom is -0.495 e. The summed E-state index contributed by atoms with van der Waals surface area (Å²) in [6.07, 6.45) is 0.278. The summed E-state index contributed by atoms with van der Waals surface area (Å²) in [4.78, 5) is 11.2. The maximum atomic E-state index is 13.5. The van der Waals surface area contributed by atoms with Gasteiger partial charge in [-0.25, -0.2) is 4.39 Å². The zero-order chi connectivity index (χ0) is 13.5. The van der Waals surface area contributed by atoms with Crippen molar-refractivity contribution >= 4 is 17.3 Å². The second-order valence-corrected chi connectivity index (χ2v) is 3.70. The molecule has 1 amide bonds. The molecule has 0 aliphatic carbocycles. The van der Waals surface area contributed by atoms with Gasteiger partial charge in [0.05, 0.1) is 18.5 Å². The number of ether oxygens (including phenoxy) is 1. The predicted molar refractivity (Wildman–Crippen MR) is 69.2 cm³/mol. The van der Waals surface area contributed by atoms with E-state index < -0.39 is 5.82 Å². The molecule has 0 saturated heterocycles. The molecule has 5 nitrogen and oxygen atoms in total. The third-order valence-electron chi connectivity index (χ3n) is 2.36. The van der Waals surface area contributed by atoms with Gasteiger partial charge in [0.1, 0.15) is 11.6 Å². The molecule has 0 unspecified atom stereocenters. The van der Waals surface area contributed by atoms with Crippen LogP contribution >= 0.6 is 0 Å². The summed E-state index contributed by atoms with van der Waals surface area (Å²) in [6, 6.07) is 2.66. The van der Waals surface area contributed by atoms with E-state index in [4.69, 9.17) is 10.5 Å². The second kappa shape index (κ2) is 6.68.